The first kappa shape index (κ1) is 17.8. The zero-order valence-corrected chi connectivity index (χ0v) is 15.2. The Morgan fingerprint density at radius 3 is 2.81 bits per heavy atom. The van der Waals surface area contributed by atoms with Gasteiger partial charge in [-0.3, -0.25) is 20.0 Å². The molecule has 3 aromatic rings. The number of non-ortho nitro benzene ring substituents is 1. The van der Waals surface area contributed by atoms with Gasteiger partial charge in [0.1, 0.15) is 5.75 Å². The van der Waals surface area contributed by atoms with Crippen LogP contribution < -0.4 is 10.1 Å². The van der Waals surface area contributed by atoms with Gasteiger partial charge in [0.25, 0.3) is 5.69 Å². The van der Waals surface area contributed by atoms with E-state index in [-0.39, 0.29) is 11.4 Å². The summed E-state index contributed by atoms with van der Waals surface area (Å²) in [4.78, 5) is 18.0. The van der Waals surface area contributed by atoms with E-state index in [1.165, 1.54) is 17.0 Å². The number of benzene rings is 1. The Kier molecular flexibility index (Phi) is 4.97. The van der Waals surface area contributed by atoms with E-state index in [1.807, 2.05) is 6.07 Å². The summed E-state index contributed by atoms with van der Waals surface area (Å²) in [5.74, 6) is -0.332. The van der Waals surface area contributed by atoms with Gasteiger partial charge in [-0.15, -0.1) is 11.3 Å². The number of halogens is 1. The zero-order chi connectivity index (χ0) is 18.8. The van der Waals surface area contributed by atoms with Crippen LogP contribution in [0.2, 0.25) is 0 Å². The number of hydrogen-bond donors (Lipinski definition) is 1. The Morgan fingerprint density at radius 2 is 2.07 bits per heavy atom. The molecule has 0 aliphatic carbocycles. The fourth-order valence-electron chi connectivity index (χ4n) is 3.02. The van der Waals surface area contributed by atoms with Gasteiger partial charge in [-0.1, -0.05) is 0 Å². The molecule has 0 saturated carbocycles. The van der Waals surface area contributed by atoms with E-state index in [2.05, 4.69) is 15.2 Å². The molecule has 1 saturated heterocycles. The Balaban J connectivity index is 1.59. The normalized spacial score (nSPS) is 15.1. The van der Waals surface area contributed by atoms with Gasteiger partial charge in [-0.05, 0) is 12.1 Å². The van der Waals surface area contributed by atoms with Crippen molar-refractivity contribution in [2.45, 2.75) is 6.54 Å². The Labute approximate surface area is 158 Å². The second-order valence-electron chi connectivity index (χ2n) is 6.24. The number of thiophene rings is 1. The first-order chi connectivity index (χ1) is 13.1. The summed E-state index contributed by atoms with van der Waals surface area (Å²) in [6, 6.07) is 7.06. The van der Waals surface area contributed by atoms with Crippen LogP contribution in [-0.4, -0.2) is 41.0 Å². The number of ether oxygens (including phenoxy) is 1. The van der Waals surface area contributed by atoms with Crippen molar-refractivity contribution in [1.82, 2.24) is 15.2 Å². The molecular weight excluding hydrogens is 371 g/mol. The quantitative estimate of drug-likeness (QED) is 0.532. The van der Waals surface area contributed by atoms with Crippen molar-refractivity contribution < 1.29 is 14.1 Å². The number of fused-ring (bicyclic) bond motifs is 1. The summed E-state index contributed by atoms with van der Waals surface area (Å²) in [6.07, 6.45) is 1.61. The highest BCUT2D eigenvalue weighted by Crippen LogP contribution is 2.36. The number of pyridine rings is 1. The van der Waals surface area contributed by atoms with Crippen LogP contribution in [0, 0.1) is 15.9 Å². The maximum absolute atomic E-state index is 14.2. The van der Waals surface area contributed by atoms with Crippen LogP contribution in [0.25, 0.3) is 10.2 Å². The molecule has 1 fully saturated rings. The van der Waals surface area contributed by atoms with Gasteiger partial charge in [0.05, 0.1) is 21.2 Å². The van der Waals surface area contributed by atoms with Gasteiger partial charge in [0.2, 0.25) is 0 Å². The number of nitrogens with one attached hydrogen (secondary N) is 1. The van der Waals surface area contributed by atoms with Gasteiger partial charge in [-0.2, -0.15) is 0 Å². The van der Waals surface area contributed by atoms with Gasteiger partial charge in [0, 0.05) is 55.9 Å². The first-order valence-corrected chi connectivity index (χ1v) is 9.34. The van der Waals surface area contributed by atoms with E-state index in [0.29, 0.717) is 5.75 Å². The number of nitro groups is 1. The van der Waals surface area contributed by atoms with Gasteiger partial charge >= 0.3 is 0 Å². The number of nitro benzene ring substituents is 1. The van der Waals surface area contributed by atoms with Gasteiger partial charge in [0.15, 0.2) is 11.6 Å². The molecule has 0 radical (unpaired) electrons. The molecule has 9 heteroatoms. The topological polar surface area (TPSA) is 80.5 Å². The predicted octanol–water partition coefficient (Wildman–Crippen LogP) is 3.54. The van der Waals surface area contributed by atoms with Crippen molar-refractivity contribution in [1.29, 1.82) is 0 Å². The van der Waals surface area contributed by atoms with Crippen LogP contribution >= 0.6 is 11.3 Å². The highest BCUT2D eigenvalue weighted by molar-refractivity contribution is 7.19. The Morgan fingerprint density at radius 1 is 1.26 bits per heavy atom. The SMILES string of the molecule is O=[N+]([O-])c1ccc(Oc2ccnc3cc(CN4CCNCC4)sc23)c(F)c1. The number of aromatic nitrogens is 1. The van der Waals surface area contributed by atoms with E-state index in [1.54, 1.807) is 23.6 Å². The maximum atomic E-state index is 14.2. The molecule has 1 aromatic carbocycles. The number of rotatable bonds is 5. The molecule has 0 bridgehead atoms. The van der Waals surface area contributed by atoms with Crippen LogP contribution in [0.15, 0.2) is 36.5 Å². The van der Waals surface area contributed by atoms with Gasteiger partial charge < -0.3 is 10.1 Å². The molecule has 2 aromatic heterocycles. The molecule has 1 aliphatic rings. The van der Waals surface area contributed by atoms with E-state index in [0.717, 1.165) is 49.0 Å². The number of hydrogen-bond acceptors (Lipinski definition) is 7. The van der Waals surface area contributed by atoms with Crippen molar-refractivity contribution in [2.24, 2.45) is 0 Å². The van der Waals surface area contributed by atoms with Crippen LogP contribution in [0.4, 0.5) is 10.1 Å². The lowest BCUT2D eigenvalue weighted by molar-refractivity contribution is -0.385. The average molecular weight is 388 g/mol. The molecule has 4 rings (SSSR count). The summed E-state index contributed by atoms with van der Waals surface area (Å²) < 4.78 is 20.7. The van der Waals surface area contributed by atoms with E-state index < -0.39 is 10.7 Å². The van der Waals surface area contributed by atoms with Crippen LogP contribution in [0.3, 0.4) is 0 Å². The van der Waals surface area contributed by atoms with E-state index in [9.17, 15) is 14.5 Å². The monoisotopic (exact) mass is 388 g/mol. The van der Waals surface area contributed by atoms with Crippen molar-refractivity contribution in [2.75, 3.05) is 26.2 Å². The van der Waals surface area contributed by atoms with E-state index in [4.69, 9.17) is 4.74 Å². The molecule has 0 atom stereocenters. The summed E-state index contributed by atoms with van der Waals surface area (Å²) in [6.45, 7) is 4.81. The average Bonchev–Trinajstić information content (AvgIpc) is 3.07. The molecular formula is C18H17FN4O3S. The van der Waals surface area contributed by atoms with Crippen molar-refractivity contribution in [3.05, 3.63) is 57.3 Å². The lowest BCUT2D eigenvalue weighted by Crippen LogP contribution is -2.42. The highest BCUT2D eigenvalue weighted by Gasteiger charge is 2.16. The molecule has 0 spiro atoms. The first-order valence-electron chi connectivity index (χ1n) is 8.52. The van der Waals surface area contributed by atoms with E-state index >= 15 is 0 Å². The molecule has 0 amide bonds. The van der Waals surface area contributed by atoms with Crippen molar-refractivity contribution in [3.8, 4) is 11.5 Å². The molecule has 3 heterocycles. The lowest BCUT2D eigenvalue weighted by Gasteiger charge is -2.26. The fourth-order valence-corrected chi connectivity index (χ4v) is 4.12. The minimum Gasteiger partial charge on any atom is -0.453 e. The predicted molar refractivity (Wildman–Crippen MR) is 101 cm³/mol. The smallest absolute Gasteiger partial charge is 0.272 e. The summed E-state index contributed by atoms with van der Waals surface area (Å²) >= 11 is 1.57. The molecule has 1 N–H and O–H groups in total. The van der Waals surface area contributed by atoms with Crippen molar-refractivity contribution >= 4 is 27.2 Å². The number of piperazine rings is 1. The third kappa shape index (κ3) is 3.90. The fraction of sp³-hybridized carbons (Fsp3) is 0.278. The summed E-state index contributed by atoms with van der Waals surface area (Å²) in [5.41, 5.74) is 0.485. The zero-order valence-electron chi connectivity index (χ0n) is 14.4. The third-order valence-electron chi connectivity index (χ3n) is 4.36. The minimum atomic E-state index is -0.772. The molecule has 7 nitrogen and oxygen atoms in total. The standard InChI is InChI=1S/C18H17FN4O3S/c19-14-9-12(23(24)25)1-2-16(14)26-17-3-4-21-15-10-13(27-18(15)17)11-22-7-5-20-6-8-22/h1-4,9-10,20H,5-8,11H2. The summed E-state index contributed by atoms with van der Waals surface area (Å²) in [7, 11) is 0. The molecule has 140 valence electrons. The highest BCUT2D eigenvalue weighted by atomic mass is 32.1. The minimum absolute atomic E-state index is 0.0508. The third-order valence-corrected chi connectivity index (χ3v) is 5.49. The largest absolute Gasteiger partial charge is 0.453 e. The second kappa shape index (κ2) is 7.55. The maximum Gasteiger partial charge on any atom is 0.272 e. The molecule has 1 aliphatic heterocycles. The van der Waals surface area contributed by atoms with Crippen LogP contribution in [0.1, 0.15) is 4.88 Å². The number of nitrogens with zero attached hydrogens (tertiary/aromatic N) is 3. The van der Waals surface area contributed by atoms with Crippen LogP contribution in [-0.2, 0) is 6.54 Å². The lowest BCUT2D eigenvalue weighted by atomic mass is 10.3. The molecule has 27 heavy (non-hydrogen) atoms. The summed E-state index contributed by atoms with van der Waals surface area (Å²) in [5, 5.41) is 14.1. The van der Waals surface area contributed by atoms with Gasteiger partial charge in [-0.25, -0.2) is 4.39 Å². The second-order valence-corrected chi connectivity index (χ2v) is 7.37. The Hall–Kier alpha value is -2.62. The van der Waals surface area contributed by atoms with Crippen molar-refractivity contribution in [3.63, 3.8) is 0 Å². The molecule has 0 unspecified atom stereocenters. The Bertz CT molecular complexity index is 988. The van der Waals surface area contributed by atoms with Crippen LogP contribution in [0.5, 0.6) is 11.5 Å².